The Kier molecular flexibility index (Phi) is 3.16. The molecule has 0 amide bonds. The maximum absolute atomic E-state index is 4.16. The molecule has 0 saturated heterocycles. The lowest BCUT2D eigenvalue weighted by atomic mass is 10.1. The maximum Gasteiger partial charge on any atom is 0.0476 e. The van der Waals surface area contributed by atoms with Crippen LogP contribution in [0, 0.1) is 0 Å². The summed E-state index contributed by atoms with van der Waals surface area (Å²) in [6, 6.07) is 0. The fourth-order valence-electron chi connectivity index (χ4n) is 2.06. The third-order valence-electron chi connectivity index (χ3n) is 3.09. The molecule has 0 heterocycles. The van der Waals surface area contributed by atoms with Crippen molar-refractivity contribution < 1.29 is 0 Å². The van der Waals surface area contributed by atoms with Gasteiger partial charge in [-0.15, -0.1) is 0 Å². The van der Waals surface area contributed by atoms with Gasteiger partial charge in [-0.25, -0.2) is 0 Å². The van der Waals surface area contributed by atoms with Gasteiger partial charge >= 0.3 is 0 Å². The largest absolute Gasteiger partial charge is 0.0999 e. The number of rotatable bonds is 1. The van der Waals surface area contributed by atoms with Crippen molar-refractivity contribution in [3.63, 3.8) is 0 Å². The Balaban J connectivity index is 2.58. The van der Waals surface area contributed by atoms with Crippen LogP contribution in [0.25, 0.3) is 0 Å². The minimum Gasteiger partial charge on any atom is -0.0999 e. The molecule has 1 atom stereocenters. The van der Waals surface area contributed by atoms with E-state index < -0.39 is 8.07 Å². The van der Waals surface area contributed by atoms with Crippen LogP contribution < -0.4 is 0 Å². The van der Waals surface area contributed by atoms with Gasteiger partial charge in [0.25, 0.3) is 0 Å². The summed E-state index contributed by atoms with van der Waals surface area (Å²) in [5.41, 5.74) is 2.52. The van der Waals surface area contributed by atoms with Crippen molar-refractivity contribution in [1.82, 2.24) is 0 Å². The van der Waals surface area contributed by atoms with Crippen molar-refractivity contribution in [2.45, 2.75) is 57.3 Å². The van der Waals surface area contributed by atoms with Crippen LogP contribution in [0.3, 0.4) is 0 Å². The molecule has 0 bridgehead atoms. The summed E-state index contributed by atoms with van der Waals surface area (Å²) >= 11 is 0. The van der Waals surface area contributed by atoms with Gasteiger partial charge in [0.1, 0.15) is 0 Å². The quantitative estimate of drug-likeness (QED) is 0.324. The molecule has 12 heavy (non-hydrogen) atoms. The predicted molar refractivity (Wildman–Crippen MR) is 59.3 cm³/mol. The van der Waals surface area contributed by atoms with E-state index in [1.165, 1.54) is 37.7 Å². The SMILES string of the molecule is C=C1CCCCC([Si](C)(C)C)C1. The lowest BCUT2D eigenvalue weighted by Gasteiger charge is -2.28. The van der Waals surface area contributed by atoms with Gasteiger partial charge in [-0.2, -0.15) is 0 Å². The van der Waals surface area contributed by atoms with Crippen molar-refractivity contribution in [1.29, 1.82) is 0 Å². The van der Waals surface area contributed by atoms with Gasteiger partial charge in [-0.05, 0) is 24.8 Å². The molecule has 0 radical (unpaired) electrons. The number of hydrogen-bond donors (Lipinski definition) is 0. The van der Waals surface area contributed by atoms with E-state index in [4.69, 9.17) is 0 Å². The minimum absolute atomic E-state index is 0.891. The third kappa shape index (κ3) is 2.78. The lowest BCUT2D eigenvalue weighted by molar-refractivity contribution is 0.685. The van der Waals surface area contributed by atoms with Crippen LogP contribution in [0.15, 0.2) is 12.2 Å². The van der Waals surface area contributed by atoms with Crippen LogP contribution in [0.4, 0.5) is 0 Å². The first-order valence-electron chi connectivity index (χ1n) is 5.17. The van der Waals surface area contributed by atoms with Crippen LogP contribution in [0.5, 0.6) is 0 Å². The summed E-state index contributed by atoms with van der Waals surface area (Å²) in [6.07, 6.45) is 6.92. The van der Waals surface area contributed by atoms with Crippen LogP contribution >= 0.6 is 0 Å². The maximum atomic E-state index is 4.16. The van der Waals surface area contributed by atoms with Crippen molar-refractivity contribution >= 4 is 8.07 Å². The second kappa shape index (κ2) is 3.78. The molecule has 1 unspecified atom stereocenters. The van der Waals surface area contributed by atoms with Gasteiger partial charge < -0.3 is 0 Å². The second-order valence-corrected chi connectivity index (χ2v) is 10.8. The molecule has 1 fully saturated rings. The summed E-state index contributed by atoms with van der Waals surface area (Å²) in [5.74, 6) is 0. The molecule has 0 aromatic heterocycles. The Morgan fingerprint density at radius 2 is 1.92 bits per heavy atom. The Hall–Kier alpha value is -0.0431. The van der Waals surface area contributed by atoms with Gasteiger partial charge in [0.05, 0.1) is 0 Å². The van der Waals surface area contributed by atoms with E-state index in [0.29, 0.717) is 0 Å². The highest BCUT2D eigenvalue weighted by molar-refractivity contribution is 6.77. The van der Waals surface area contributed by atoms with E-state index >= 15 is 0 Å². The standard InChI is InChI=1S/C11H22Si/c1-10-7-5-6-8-11(9-10)12(2,3)4/h11H,1,5-9H2,2-4H3. The Morgan fingerprint density at radius 3 is 2.50 bits per heavy atom. The highest BCUT2D eigenvalue weighted by atomic mass is 28.3. The van der Waals surface area contributed by atoms with E-state index in [1.54, 1.807) is 0 Å². The van der Waals surface area contributed by atoms with Crippen LogP contribution in [0.2, 0.25) is 25.2 Å². The molecule has 0 aromatic rings. The van der Waals surface area contributed by atoms with Crippen molar-refractivity contribution in [2.75, 3.05) is 0 Å². The third-order valence-corrected chi connectivity index (χ3v) is 6.04. The molecule has 70 valence electrons. The number of allylic oxidation sites excluding steroid dienone is 1. The summed E-state index contributed by atoms with van der Waals surface area (Å²) in [5, 5.41) is 0. The molecular weight excluding hydrogens is 160 g/mol. The van der Waals surface area contributed by atoms with Crippen LogP contribution in [-0.2, 0) is 0 Å². The molecule has 1 saturated carbocycles. The first-order valence-corrected chi connectivity index (χ1v) is 8.74. The number of hydrogen-bond acceptors (Lipinski definition) is 0. The average Bonchev–Trinajstić information content (AvgIpc) is 2.11. The van der Waals surface area contributed by atoms with Gasteiger partial charge in [0.2, 0.25) is 0 Å². The molecule has 0 nitrogen and oxygen atoms in total. The molecule has 0 N–H and O–H groups in total. The van der Waals surface area contributed by atoms with Gasteiger partial charge in [0, 0.05) is 8.07 Å². The van der Waals surface area contributed by atoms with Gasteiger partial charge in [-0.1, -0.05) is 44.6 Å². The minimum atomic E-state index is -0.891. The predicted octanol–water partition coefficient (Wildman–Crippen LogP) is 4.22. The molecule has 0 spiro atoms. The van der Waals surface area contributed by atoms with Gasteiger partial charge in [-0.3, -0.25) is 0 Å². The fourth-order valence-corrected chi connectivity index (χ4v) is 4.03. The molecule has 1 aliphatic rings. The first-order chi connectivity index (χ1) is 5.50. The van der Waals surface area contributed by atoms with Crippen molar-refractivity contribution in [3.05, 3.63) is 12.2 Å². The molecular formula is C11H22Si. The van der Waals surface area contributed by atoms with E-state index in [0.717, 1.165) is 5.54 Å². The normalized spacial score (nSPS) is 26.9. The zero-order valence-electron chi connectivity index (χ0n) is 8.82. The summed E-state index contributed by atoms with van der Waals surface area (Å²) in [7, 11) is -0.891. The van der Waals surface area contributed by atoms with Crippen molar-refractivity contribution in [2.24, 2.45) is 0 Å². The Labute approximate surface area is 78.1 Å². The molecule has 1 aliphatic carbocycles. The van der Waals surface area contributed by atoms with Gasteiger partial charge in [0.15, 0.2) is 0 Å². The van der Waals surface area contributed by atoms with E-state index in [-0.39, 0.29) is 0 Å². The van der Waals surface area contributed by atoms with E-state index in [9.17, 15) is 0 Å². The zero-order valence-corrected chi connectivity index (χ0v) is 9.82. The summed E-state index contributed by atoms with van der Waals surface area (Å²) < 4.78 is 0. The molecule has 0 aromatic carbocycles. The Bertz CT molecular complexity index is 164. The molecule has 0 aliphatic heterocycles. The van der Waals surface area contributed by atoms with Crippen LogP contribution in [-0.4, -0.2) is 8.07 Å². The highest BCUT2D eigenvalue weighted by Gasteiger charge is 2.27. The van der Waals surface area contributed by atoms with Crippen LogP contribution in [0.1, 0.15) is 32.1 Å². The molecule has 1 rings (SSSR count). The first kappa shape index (κ1) is 10.0. The van der Waals surface area contributed by atoms with E-state index in [2.05, 4.69) is 26.2 Å². The monoisotopic (exact) mass is 182 g/mol. The average molecular weight is 182 g/mol. The summed E-state index contributed by atoms with van der Waals surface area (Å²) in [4.78, 5) is 0. The Morgan fingerprint density at radius 1 is 1.25 bits per heavy atom. The lowest BCUT2D eigenvalue weighted by Crippen LogP contribution is -2.27. The van der Waals surface area contributed by atoms with Crippen molar-refractivity contribution in [3.8, 4) is 0 Å². The smallest absolute Gasteiger partial charge is 0.0476 e. The second-order valence-electron chi connectivity index (χ2n) is 5.26. The summed E-state index contributed by atoms with van der Waals surface area (Å²) in [6.45, 7) is 11.6. The zero-order chi connectivity index (χ0) is 9.19. The highest BCUT2D eigenvalue weighted by Crippen LogP contribution is 2.37. The topological polar surface area (TPSA) is 0 Å². The molecule has 1 heteroatoms. The fraction of sp³-hybridized carbons (Fsp3) is 0.818. The van der Waals surface area contributed by atoms with E-state index in [1.807, 2.05) is 0 Å².